The first-order valence-electron chi connectivity index (χ1n) is 6.65. The highest BCUT2D eigenvalue weighted by Gasteiger charge is 2.21. The third kappa shape index (κ3) is 2.03. The molecule has 0 bridgehead atoms. The van der Waals surface area contributed by atoms with Gasteiger partial charge in [-0.05, 0) is 18.2 Å². The Hall–Kier alpha value is -3.29. The first-order chi connectivity index (χ1) is 11.1. The molecule has 0 saturated carbocycles. The lowest BCUT2D eigenvalue weighted by molar-refractivity contribution is 0.431. The third-order valence-corrected chi connectivity index (χ3v) is 3.48. The Labute approximate surface area is 127 Å². The number of anilines is 1. The molecule has 1 aromatic carbocycles. The van der Waals surface area contributed by atoms with Crippen molar-refractivity contribution in [2.45, 2.75) is 0 Å². The molecular formula is C15H9F2N5O. The van der Waals surface area contributed by atoms with E-state index in [0.717, 1.165) is 6.07 Å². The third-order valence-electron chi connectivity index (χ3n) is 3.48. The van der Waals surface area contributed by atoms with Gasteiger partial charge in [0.1, 0.15) is 11.5 Å². The van der Waals surface area contributed by atoms with E-state index in [1.807, 2.05) is 0 Å². The molecule has 0 saturated heterocycles. The van der Waals surface area contributed by atoms with Gasteiger partial charge in [-0.1, -0.05) is 17.3 Å². The standard InChI is InChI=1S/C15H9F2N5O/c16-10-3-1-2-7(12(10)17)9-6-19-23-14(9)13-8-4-5-11(18)20-15(8)22-21-13/h1-6H,(H3,18,20,21,22). The van der Waals surface area contributed by atoms with Gasteiger partial charge in [0.25, 0.3) is 0 Å². The number of aromatic amines is 1. The summed E-state index contributed by atoms with van der Waals surface area (Å²) in [6.07, 6.45) is 1.32. The summed E-state index contributed by atoms with van der Waals surface area (Å²) < 4.78 is 32.8. The van der Waals surface area contributed by atoms with Crippen LogP contribution in [0.25, 0.3) is 33.6 Å². The Balaban J connectivity index is 1.94. The van der Waals surface area contributed by atoms with Crippen LogP contribution in [0.2, 0.25) is 0 Å². The van der Waals surface area contributed by atoms with Crippen LogP contribution in [-0.2, 0) is 0 Å². The fourth-order valence-corrected chi connectivity index (χ4v) is 2.41. The van der Waals surface area contributed by atoms with E-state index in [-0.39, 0.29) is 11.3 Å². The number of nitrogens with two attached hydrogens (primary N) is 1. The van der Waals surface area contributed by atoms with Crippen LogP contribution in [0.4, 0.5) is 14.6 Å². The summed E-state index contributed by atoms with van der Waals surface area (Å²) in [5, 5.41) is 11.1. The van der Waals surface area contributed by atoms with Crippen molar-refractivity contribution in [2.24, 2.45) is 0 Å². The lowest BCUT2D eigenvalue weighted by atomic mass is 10.0. The monoisotopic (exact) mass is 313 g/mol. The molecule has 0 aliphatic carbocycles. The van der Waals surface area contributed by atoms with Crippen molar-refractivity contribution in [3.63, 3.8) is 0 Å². The second-order valence-corrected chi connectivity index (χ2v) is 4.88. The van der Waals surface area contributed by atoms with Crippen LogP contribution < -0.4 is 5.73 Å². The second kappa shape index (κ2) is 4.87. The van der Waals surface area contributed by atoms with Crippen LogP contribution >= 0.6 is 0 Å². The Morgan fingerprint density at radius 2 is 1.96 bits per heavy atom. The number of halogens is 2. The summed E-state index contributed by atoms with van der Waals surface area (Å²) in [6.45, 7) is 0. The van der Waals surface area contributed by atoms with E-state index in [9.17, 15) is 8.78 Å². The highest BCUT2D eigenvalue weighted by Crippen LogP contribution is 2.36. The molecule has 3 aromatic heterocycles. The Kier molecular flexibility index (Phi) is 2.83. The van der Waals surface area contributed by atoms with Crippen molar-refractivity contribution in [1.82, 2.24) is 20.3 Å². The van der Waals surface area contributed by atoms with E-state index >= 15 is 0 Å². The van der Waals surface area contributed by atoms with Crippen LogP contribution in [0.3, 0.4) is 0 Å². The largest absolute Gasteiger partial charge is 0.384 e. The highest BCUT2D eigenvalue weighted by atomic mass is 19.2. The number of H-pyrrole nitrogens is 1. The Morgan fingerprint density at radius 1 is 1.09 bits per heavy atom. The molecule has 0 atom stereocenters. The molecule has 0 spiro atoms. The highest BCUT2D eigenvalue weighted by molar-refractivity contribution is 5.94. The maximum atomic E-state index is 14.1. The van der Waals surface area contributed by atoms with Gasteiger partial charge < -0.3 is 10.3 Å². The number of nitrogen functional groups attached to an aromatic ring is 1. The van der Waals surface area contributed by atoms with Crippen LogP contribution in [0.15, 0.2) is 41.1 Å². The SMILES string of the molecule is Nc1ccc2c(-c3oncc3-c3cccc(F)c3F)[nH]nc2n1. The summed E-state index contributed by atoms with van der Waals surface area (Å²) in [5.41, 5.74) is 6.83. The van der Waals surface area contributed by atoms with E-state index in [1.54, 1.807) is 12.1 Å². The minimum Gasteiger partial charge on any atom is -0.384 e. The summed E-state index contributed by atoms with van der Waals surface area (Å²) in [4.78, 5) is 4.08. The zero-order valence-corrected chi connectivity index (χ0v) is 11.5. The Morgan fingerprint density at radius 3 is 2.83 bits per heavy atom. The second-order valence-electron chi connectivity index (χ2n) is 4.88. The average Bonchev–Trinajstić information content (AvgIpc) is 3.15. The van der Waals surface area contributed by atoms with E-state index in [1.165, 1.54) is 18.3 Å². The van der Waals surface area contributed by atoms with Gasteiger partial charge in [0.2, 0.25) is 0 Å². The van der Waals surface area contributed by atoms with Gasteiger partial charge in [0, 0.05) is 5.56 Å². The van der Waals surface area contributed by atoms with E-state index in [0.29, 0.717) is 28.1 Å². The topological polar surface area (TPSA) is 93.6 Å². The van der Waals surface area contributed by atoms with Crippen molar-refractivity contribution in [3.05, 3.63) is 48.2 Å². The maximum absolute atomic E-state index is 14.1. The summed E-state index contributed by atoms with van der Waals surface area (Å²) in [6, 6.07) is 7.23. The molecule has 3 N–H and O–H groups in total. The smallest absolute Gasteiger partial charge is 0.193 e. The molecule has 114 valence electrons. The molecule has 0 unspecified atom stereocenters. The van der Waals surface area contributed by atoms with Gasteiger partial charge in [-0.2, -0.15) is 5.10 Å². The number of benzene rings is 1. The first-order valence-corrected chi connectivity index (χ1v) is 6.65. The maximum Gasteiger partial charge on any atom is 0.193 e. The van der Waals surface area contributed by atoms with Gasteiger partial charge in [-0.3, -0.25) is 5.10 Å². The van der Waals surface area contributed by atoms with Crippen molar-refractivity contribution >= 4 is 16.9 Å². The average molecular weight is 313 g/mol. The predicted molar refractivity (Wildman–Crippen MR) is 79.2 cm³/mol. The van der Waals surface area contributed by atoms with E-state index < -0.39 is 11.6 Å². The summed E-state index contributed by atoms with van der Waals surface area (Å²) in [5.74, 6) is -1.35. The fraction of sp³-hybridized carbons (Fsp3) is 0. The molecule has 23 heavy (non-hydrogen) atoms. The molecule has 4 rings (SSSR count). The number of pyridine rings is 1. The molecule has 0 amide bonds. The molecular weight excluding hydrogens is 304 g/mol. The minimum absolute atomic E-state index is 0.0485. The van der Waals surface area contributed by atoms with Crippen LogP contribution in [0, 0.1) is 11.6 Å². The number of aromatic nitrogens is 4. The summed E-state index contributed by atoms with van der Waals surface area (Å²) >= 11 is 0. The van der Waals surface area contributed by atoms with Gasteiger partial charge >= 0.3 is 0 Å². The van der Waals surface area contributed by atoms with Crippen molar-refractivity contribution in [2.75, 3.05) is 5.73 Å². The number of rotatable bonds is 2. The zero-order valence-electron chi connectivity index (χ0n) is 11.5. The van der Waals surface area contributed by atoms with Crippen molar-refractivity contribution < 1.29 is 13.3 Å². The predicted octanol–water partition coefficient (Wildman–Crippen LogP) is 3.14. The quantitative estimate of drug-likeness (QED) is 0.593. The number of nitrogens with one attached hydrogen (secondary N) is 1. The lowest BCUT2D eigenvalue weighted by Gasteiger charge is -2.03. The van der Waals surface area contributed by atoms with Crippen LogP contribution in [-0.4, -0.2) is 20.3 Å². The summed E-state index contributed by atoms with van der Waals surface area (Å²) in [7, 11) is 0. The number of hydrogen-bond donors (Lipinski definition) is 2. The molecule has 0 aliphatic heterocycles. The molecule has 4 aromatic rings. The number of hydrogen-bond acceptors (Lipinski definition) is 5. The molecule has 0 fully saturated rings. The number of nitrogens with zero attached hydrogens (tertiary/aromatic N) is 3. The molecule has 0 aliphatic rings. The van der Waals surface area contributed by atoms with Crippen molar-refractivity contribution in [1.29, 1.82) is 0 Å². The van der Waals surface area contributed by atoms with Crippen LogP contribution in [0.1, 0.15) is 0 Å². The van der Waals surface area contributed by atoms with Gasteiger partial charge in [0.05, 0.1) is 17.1 Å². The molecule has 6 nitrogen and oxygen atoms in total. The minimum atomic E-state index is -0.969. The Bertz CT molecular complexity index is 1020. The molecule has 3 heterocycles. The number of fused-ring (bicyclic) bond motifs is 1. The molecule has 8 heteroatoms. The van der Waals surface area contributed by atoms with E-state index in [2.05, 4.69) is 20.3 Å². The van der Waals surface area contributed by atoms with Gasteiger partial charge in [-0.15, -0.1) is 0 Å². The van der Waals surface area contributed by atoms with Crippen molar-refractivity contribution in [3.8, 4) is 22.6 Å². The zero-order chi connectivity index (χ0) is 16.0. The fourth-order valence-electron chi connectivity index (χ4n) is 2.41. The van der Waals surface area contributed by atoms with E-state index in [4.69, 9.17) is 10.3 Å². The molecule has 0 radical (unpaired) electrons. The van der Waals surface area contributed by atoms with Crippen LogP contribution in [0.5, 0.6) is 0 Å². The lowest BCUT2D eigenvalue weighted by Crippen LogP contribution is -1.90. The first kappa shape index (κ1) is 13.4. The van der Waals surface area contributed by atoms with Gasteiger partial charge in [-0.25, -0.2) is 13.8 Å². The van der Waals surface area contributed by atoms with Gasteiger partial charge in [0.15, 0.2) is 23.0 Å². The normalized spacial score (nSPS) is 11.2.